The highest BCUT2D eigenvalue weighted by Gasteiger charge is 2.17. The minimum Gasteiger partial charge on any atom is -0.461 e. The maximum atomic E-state index is 12.0. The molecule has 0 aliphatic rings. The van der Waals surface area contributed by atoms with E-state index in [9.17, 15) is 4.79 Å². The topological polar surface area (TPSA) is 60.9 Å². The smallest absolute Gasteiger partial charge is 0.205 e. The Bertz CT molecular complexity index is 525. The molecule has 0 aliphatic heterocycles. The van der Waals surface area contributed by atoms with Crippen molar-refractivity contribution in [1.29, 1.82) is 0 Å². The molecule has 5 heteroatoms. The Morgan fingerprint density at radius 1 is 1.53 bits per heavy atom. The summed E-state index contributed by atoms with van der Waals surface area (Å²) in [6.45, 7) is 5.85. The van der Waals surface area contributed by atoms with Crippen LogP contribution in [0, 0.1) is 6.92 Å². The van der Waals surface area contributed by atoms with Crippen LogP contribution in [0.15, 0.2) is 23.1 Å². The Kier molecular flexibility index (Phi) is 3.08. The second kappa shape index (κ2) is 4.53. The van der Waals surface area contributed by atoms with Crippen LogP contribution in [-0.4, -0.2) is 20.5 Å². The van der Waals surface area contributed by atoms with Gasteiger partial charge >= 0.3 is 0 Å². The lowest BCUT2D eigenvalue weighted by molar-refractivity contribution is 0.0961. The molecule has 0 bridgehead atoms. The first-order valence-electron chi connectivity index (χ1n) is 5.55. The molecule has 0 amide bonds. The number of Topliss-reactive ketones (excluding diaryl/α,β-unsaturated/α-hetero) is 1. The van der Waals surface area contributed by atoms with E-state index in [1.165, 1.54) is 12.6 Å². The average Bonchev–Trinajstić information content (AvgIpc) is 2.86. The van der Waals surface area contributed by atoms with Gasteiger partial charge in [0, 0.05) is 6.04 Å². The SMILES string of the molecule is Cc1ccoc1C(=O)Cc1ncnn1C(C)C. The minimum absolute atomic E-state index is 0.0672. The van der Waals surface area contributed by atoms with Crippen molar-refractivity contribution in [1.82, 2.24) is 14.8 Å². The van der Waals surface area contributed by atoms with Gasteiger partial charge in [0.15, 0.2) is 5.76 Å². The van der Waals surface area contributed by atoms with E-state index in [4.69, 9.17) is 4.42 Å². The molecule has 0 fully saturated rings. The van der Waals surface area contributed by atoms with Crippen molar-refractivity contribution < 1.29 is 9.21 Å². The molecule has 2 rings (SSSR count). The van der Waals surface area contributed by atoms with Crippen LogP contribution in [0.4, 0.5) is 0 Å². The molecular formula is C12H15N3O2. The predicted octanol–water partition coefficient (Wildman–Crippen LogP) is 2.19. The van der Waals surface area contributed by atoms with Gasteiger partial charge in [-0.05, 0) is 32.4 Å². The number of hydrogen-bond acceptors (Lipinski definition) is 4. The monoisotopic (exact) mass is 233 g/mol. The van der Waals surface area contributed by atoms with E-state index in [2.05, 4.69) is 10.1 Å². The fourth-order valence-corrected chi connectivity index (χ4v) is 1.71. The van der Waals surface area contributed by atoms with E-state index < -0.39 is 0 Å². The fourth-order valence-electron chi connectivity index (χ4n) is 1.71. The van der Waals surface area contributed by atoms with Crippen LogP contribution >= 0.6 is 0 Å². The van der Waals surface area contributed by atoms with Gasteiger partial charge in [-0.25, -0.2) is 9.67 Å². The van der Waals surface area contributed by atoms with Gasteiger partial charge in [-0.2, -0.15) is 5.10 Å². The van der Waals surface area contributed by atoms with Crippen molar-refractivity contribution in [3.63, 3.8) is 0 Å². The molecule has 2 aromatic rings. The number of hydrogen-bond donors (Lipinski definition) is 0. The predicted molar refractivity (Wildman–Crippen MR) is 61.9 cm³/mol. The Morgan fingerprint density at radius 3 is 2.88 bits per heavy atom. The summed E-state index contributed by atoms with van der Waals surface area (Å²) < 4.78 is 6.91. The molecule has 0 saturated heterocycles. The summed E-state index contributed by atoms with van der Waals surface area (Å²) in [7, 11) is 0. The third-order valence-electron chi connectivity index (χ3n) is 2.57. The first kappa shape index (κ1) is 11.6. The highest BCUT2D eigenvalue weighted by atomic mass is 16.3. The third-order valence-corrected chi connectivity index (χ3v) is 2.57. The zero-order valence-corrected chi connectivity index (χ0v) is 10.2. The van der Waals surface area contributed by atoms with Gasteiger partial charge in [0.25, 0.3) is 0 Å². The second-order valence-electron chi connectivity index (χ2n) is 4.25. The molecule has 0 spiro atoms. The maximum Gasteiger partial charge on any atom is 0.205 e. The van der Waals surface area contributed by atoms with Crippen LogP contribution in [0.5, 0.6) is 0 Å². The standard InChI is InChI=1S/C12H15N3O2/c1-8(2)15-11(13-7-14-15)6-10(16)12-9(3)4-5-17-12/h4-5,7-8H,6H2,1-3H3. The van der Waals surface area contributed by atoms with Gasteiger partial charge in [0.2, 0.25) is 5.78 Å². The van der Waals surface area contributed by atoms with Crippen LogP contribution in [0.1, 0.15) is 41.8 Å². The third kappa shape index (κ3) is 2.27. The van der Waals surface area contributed by atoms with Crippen LogP contribution < -0.4 is 0 Å². The van der Waals surface area contributed by atoms with Crippen LogP contribution in [0.3, 0.4) is 0 Å². The molecule has 0 aliphatic carbocycles. The number of carbonyl (C=O) groups is 1. The molecule has 0 unspecified atom stereocenters. The Labute approximate surface area is 99.5 Å². The molecule has 0 atom stereocenters. The molecule has 0 radical (unpaired) electrons. The minimum atomic E-state index is -0.0672. The number of aromatic nitrogens is 3. The molecule has 0 saturated carbocycles. The quantitative estimate of drug-likeness (QED) is 0.759. The van der Waals surface area contributed by atoms with Crippen molar-refractivity contribution >= 4 is 5.78 Å². The highest BCUT2D eigenvalue weighted by Crippen LogP contribution is 2.13. The summed E-state index contributed by atoms with van der Waals surface area (Å²) in [5.74, 6) is 1.01. The fraction of sp³-hybridized carbons (Fsp3) is 0.417. The molecule has 2 heterocycles. The van der Waals surface area contributed by atoms with E-state index >= 15 is 0 Å². The van der Waals surface area contributed by atoms with Crippen LogP contribution in [-0.2, 0) is 6.42 Å². The Morgan fingerprint density at radius 2 is 2.29 bits per heavy atom. The number of aryl methyl sites for hydroxylation is 1. The summed E-state index contributed by atoms with van der Waals surface area (Å²) in [5, 5.41) is 4.10. The molecular weight excluding hydrogens is 218 g/mol. The van der Waals surface area contributed by atoms with Gasteiger partial charge in [0.1, 0.15) is 12.2 Å². The largest absolute Gasteiger partial charge is 0.461 e. The molecule has 90 valence electrons. The summed E-state index contributed by atoms with van der Waals surface area (Å²) in [5.41, 5.74) is 0.852. The van der Waals surface area contributed by atoms with Crippen molar-refractivity contribution in [3.8, 4) is 0 Å². The molecule has 2 aromatic heterocycles. The van der Waals surface area contributed by atoms with Crippen molar-refractivity contribution in [2.45, 2.75) is 33.2 Å². The van der Waals surface area contributed by atoms with Crippen molar-refractivity contribution in [3.05, 3.63) is 35.8 Å². The van der Waals surface area contributed by atoms with Gasteiger partial charge < -0.3 is 4.42 Å². The second-order valence-corrected chi connectivity index (χ2v) is 4.25. The molecule has 0 N–H and O–H groups in total. The van der Waals surface area contributed by atoms with E-state index in [0.29, 0.717) is 11.6 Å². The average molecular weight is 233 g/mol. The van der Waals surface area contributed by atoms with Gasteiger partial charge in [-0.1, -0.05) is 0 Å². The van der Waals surface area contributed by atoms with Gasteiger partial charge in [0.05, 0.1) is 12.7 Å². The normalized spacial score (nSPS) is 11.1. The number of ketones is 1. The van der Waals surface area contributed by atoms with E-state index in [-0.39, 0.29) is 18.2 Å². The van der Waals surface area contributed by atoms with Crippen LogP contribution in [0.2, 0.25) is 0 Å². The zero-order chi connectivity index (χ0) is 12.4. The van der Waals surface area contributed by atoms with E-state index in [1.807, 2.05) is 20.8 Å². The number of carbonyl (C=O) groups excluding carboxylic acids is 1. The van der Waals surface area contributed by atoms with Crippen LogP contribution in [0.25, 0.3) is 0 Å². The highest BCUT2D eigenvalue weighted by molar-refractivity contribution is 5.95. The van der Waals surface area contributed by atoms with Gasteiger partial charge in [-0.15, -0.1) is 0 Å². The van der Waals surface area contributed by atoms with Crippen molar-refractivity contribution in [2.24, 2.45) is 0 Å². The zero-order valence-electron chi connectivity index (χ0n) is 10.2. The van der Waals surface area contributed by atoms with E-state index in [1.54, 1.807) is 10.7 Å². The summed E-state index contributed by atoms with van der Waals surface area (Å²) >= 11 is 0. The van der Waals surface area contributed by atoms with Gasteiger partial charge in [-0.3, -0.25) is 4.79 Å². The maximum absolute atomic E-state index is 12.0. The number of nitrogens with zero attached hydrogens (tertiary/aromatic N) is 3. The molecule has 17 heavy (non-hydrogen) atoms. The molecule has 0 aromatic carbocycles. The first-order chi connectivity index (χ1) is 8.09. The van der Waals surface area contributed by atoms with Crippen molar-refractivity contribution in [2.75, 3.05) is 0 Å². The van der Waals surface area contributed by atoms with E-state index in [0.717, 1.165) is 5.56 Å². The number of rotatable bonds is 4. The summed E-state index contributed by atoms with van der Waals surface area (Å²) in [4.78, 5) is 16.1. The lowest BCUT2D eigenvalue weighted by atomic mass is 10.1. The first-order valence-corrected chi connectivity index (χ1v) is 5.55. The number of furan rings is 1. The summed E-state index contributed by atoms with van der Waals surface area (Å²) in [6.07, 6.45) is 3.21. The Hall–Kier alpha value is -1.91. The molecule has 5 nitrogen and oxygen atoms in total. The summed E-state index contributed by atoms with van der Waals surface area (Å²) in [6, 6.07) is 1.97. The lowest BCUT2D eigenvalue weighted by Gasteiger charge is -2.08. The lowest BCUT2D eigenvalue weighted by Crippen LogP contribution is -2.13. The Balaban J connectivity index is 2.19.